The maximum absolute atomic E-state index is 13.2. The second-order valence-electron chi connectivity index (χ2n) is 6.04. The topological polar surface area (TPSA) is 29.1 Å². The fourth-order valence-corrected chi connectivity index (χ4v) is 4.13. The first kappa shape index (κ1) is 16.5. The quantitative estimate of drug-likeness (QED) is 0.411. The third-order valence-corrected chi connectivity index (χ3v) is 5.44. The number of nitrogens with one attached hydrogen (secondary N) is 1. The van der Waals surface area contributed by atoms with Crippen molar-refractivity contribution in [3.63, 3.8) is 0 Å². The van der Waals surface area contributed by atoms with E-state index in [9.17, 15) is 4.79 Å². The second kappa shape index (κ2) is 7.04. The lowest BCUT2D eigenvalue weighted by Gasteiger charge is -2.30. The average molecular weight is 419 g/mol. The van der Waals surface area contributed by atoms with Crippen LogP contribution in [0.2, 0.25) is 0 Å². The lowest BCUT2D eigenvalue weighted by atomic mass is 9.74. The van der Waals surface area contributed by atoms with Crippen molar-refractivity contribution in [2.45, 2.75) is 31.6 Å². The normalized spacial score (nSPS) is 14.2. The molecule has 0 heterocycles. The van der Waals surface area contributed by atoms with Crippen LogP contribution in [0.15, 0.2) is 48.5 Å². The summed E-state index contributed by atoms with van der Waals surface area (Å²) in [6.45, 7) is 2.90. The van der Waals surface area contributed by atoms with Gasteiger partial charge in [0, 0.05) is 11.0 Å². The predicted octanol–water partition coefficient (Wildman–Crippen LogP) is 4.69. The maximum atomic E-state index is 13.2. The van der Waals surface area contributed by atoms with Crippen LogP contribution in [0, 0.1) is 0 Å². The molecule has 0 aliphatic heterocycles. The van der Waals surface area contributed by atoms with Crippen molar-refractivity contribution in [1.82, 2.24) is 5.32 Å². The molecule has 0 spiro atoms. The van der Waals surface area contributed by atoms with Gasteiger partial charge in [-0.3, -0.25) is 4.79 Å². The largest absolute Gasteiger partial charge is 0.355 e. The van der Waals surface area contributed by atoms with E-state index in [1.807, 2.05) is 12.1 Å². The van der Waals surface area contributed by atoms with Gasteiger partial charge in [0.25, 0.3) is 0 Å². The summed E-state index contributed by atoms with van der Waals surface area (Å²) in [5.41, 5.74) is 4.21. The minimum Gasteiger partial charge on any atom is -0.355 e. The van der Waals surface area contributed by atoms with Gasteiger partial charge in [0.1, 0.15) is 5.41 Å². The molecule has 120 valence electrons. The van der Waals surface area contributed by atoms with Crippen molar-refractivity contribution in [3.05, 3.63) is 59.7 Å². The number of amides is 1. The van der Waals surface area contributed by atoms with Gasteiger partial charge in [-0.1, -0.05) is 84.5 Å². The first-order valence-corrected chi connectivity index (χ1v) is 9.82. The predicted molar refractivity (Wildman–Crippen MR) is 104 cm³/mol. The lowest BCUT2D eigenvalue weighted by Crippen LogP contribution is -2.44. The molecule has 2 aromatic carbocycles. The summed E-state index contributed by atoms with van der Waals surface area (Å²) in [4.78, 5) is 13.2. The van der Waals surface area contributed by atoms with Gasteiger partial charge in [-0.05, 0) is 35.1 Å². The van der Waals surface area contributed by atoms with Gasteiger partial charge in [0.15, 0.2) is 0 Å². The van der Waals surface area contributed by atoms with E-state index >= 15 is 0 Å². The number of halogens is 1. The van der Waals surface area contributed by atoms with Gasteiger partial charge in [-0.15, -0.1) is 0 Å². The van der Waals surface area contributed by atoms with E-state index in [1.54, 1.807) is 0 Å². The summed E-state index contributed by atoms with van der Waals surface area (Å²) in [6, 6.07) is 16.8. The van der Waals surface area contributed by atoms with Crippen molar-refractivity contribution >= 4 is 28.5 Å². The highest BCUT2D eigenvalue weighted by Crippen LogP contribution is 2.51. The van der Waals surface area contributed by atoms with Gasteiger partial charge < -0.3 is 5.32 Å². The third kappa shape index (κ3) is 2.69. The Hall–Kier alpha value is -1.36. The number of fused-ring (bicyclic) bond motifs is 3. The van der Waals surface area contributed by atoms with E-state index in [0.29, 0.717) is 0 Å². The number of rotatable bonds is 6. The van der Waals surface area contributed by atoms with Crippen molar-refractivity contribution in [1.29, 1.82) is 0 Å². The van der Waals surface area contributed by atoms with Crippen molar-refractivity contribution in [2.24, 2.45) is 0 Å². The lowest BCUT2D eigenvalue weighted by molar-refractivity contribution is -0.125. The van der Waals surface area contributed by atoms with Crippen molar-refractivity contribution < 1.29 is 4.79 Å². The molecule has 3 rings (SSSR count). The highest BCUT2D eigenvalue weighted by atomic mass is 127. The molecule has 0 atom stereocenters. The van der Waals surface area contributed by atoms with Crippen LogP contribution in [0.25, 0.3) is 11.1 Å². The van der Waals surface area contributed by atoms with Gasteiger partial charge in [-0.2, -0.15) is 0 Å². The second-order valence-corrected chi connectivity index (χ2v) is 7.12. The molecular formula is C20H22INO. The highest BCUT2D eigenvalue weighted by molar-refractivity contribution is 14.1. The summed E-state index contributed by atoms with van der Waals surface area (Å²) in [5, 5.41) is 3.19. The van der Waals surface area contributed by atoms with Crippen LogP contribution in [-0.2, 0) is 10.2 Å². The zero-order chi connectivity index (χ0) is 16.3. The number of benzene rings is 2. The van der Waals surface area contributed by atoms with Gasteiger partial charge >= 0.3 is 0 Å². The summed E-state index contributed by atoms with van der Waals surface area (Å²) >= 11 is 2.35. The summed E-state index contributed by atoms with van der Waals surface area (Å²) in [5.74, 6) is 0.154. The fourth-order valence-electron chi connectivity index (χ4n) is 3.75. The highest BCUT2D eigenvalue weighted by Gasteiger charge is 2.47. The zero-order valence-corrected chi connectivity index (χ0v) is 15.6. The van der Waals surface area contributed by atoms with Crippen LogP contribution in [-0.4, -0.2) is 16.9 Å². The van der Waals surface area contributed by atoms with E-state index in [0.717, 1.165) is 41.4 Å². The molecule has 0 fully saturated rings. The SMILES string of the molecule is CCCC1(C(=O)NCCCI)c2ccccc2-c2ccccc21. The van der Waals surface area contributed by atoms with E-state index in [2.05, 4.69) is 71.2 Å². The Morgan fingerprint density at radius 3 is 2.13 bits per heavy atom. The first-order chi connectivity index (χ1) is 11.3. The van der Waals surface area contributed by atoms with E-state index < -0.39 is 5.41 Å². The Kier molecular flexibility index (Phi) is 5.05. The number of hydrogen-bond donors (Lipinski definition) is 1. The number of carbonyl (C=O) groups excluding carboxylic acids is 1. The monoisotopic (exact) mass is 419 g/mol. The smallest absolute Gasteiger partial charge is 0.235 e. The zero-order valence-electron chi connectivity index (χ0n) is 13.4. The van der Waals surface area contributed by atoms with Crippen LogP contribution in [0.5, 0.6) is 0 Å². The third-order valence-electron chi connectivity index (χ3n) is 4.67. The Morgan fingerprint density at radius 2 is 1.61 bits per heavy atom. The Balaban J connectivity index is 2.13. The minimum absolute atomic E-state index is 0.154. The summed E-state index contributed by atoms with van der Waals surface area (Å²) in [6.07, 6.45) is 2.83. The molecule has 0 unspecified atom stereocenters. The number of hydrogen-bond acceptors (Lipinski definition) is 1. The molecule has 3 heteroatoms. The Morgan fingerprint density at radius 1 is 1.04 bits per heavy atom. The summed E-state index contributed by atoms with van der Waals surface area (Å²) < 4.78 is 1.06. The molecule has 23 heavy (non-hydrogen) atoms. The molecule has 0 aromatic heterocycles. The molecule has 1 amide bonds. The van der Waals surface area contributed by atoms with E-state index in [-0.39, 0.29) is 5.91 Å². The van der Waals surface area contributed by atoms with Crippen LogP contribution < -0.4 is 5.32 Å². The maximum Gasteiger partial charge on any atom is 0.235 e. The molecular weight excluding hydrogens is 397 g/mol. The number of alkyl halides is 1. The molecule has 1 aliphatic carbocycles. The minimum atomic E-state index is -0.535. The van der Waals surface area contributed by atoms with E-state index in [4.69, 9.17) is 0 Å². The van der Waals surface area contributed by atoms with Crippen LogP contribution in [0.3, 0.4) is 0 Å². The molecule has 2 nitrogen and oxygen atoms in total. The number of carbonyl (C=O) groups is 1. The molecule has 2 aromatic rings. The van der Waals surface area contributed by atoms with Crippen molar-refractivity contribution in [2.75, 3.05) is 11.0 Å². The average Bonchev–Trinajstić information content (AvgIpc) is 2.87. The van der Waals surface area contributed by atoms with E-state index in [1.165, 1.54) is 11.1 Å². The molecule has 0 saturated heterocycles. The van der Waals surface area contributed by atoms with Gasteiger partial charge in [0.05, 0.1) is 0 Å². The van der Waals surface area contributed by atoms with Crippen LogP contribution in [0.1, 0.15) is 37.3 Å². The Labute approximate surface area is 151 Å². The van der Waals surface area contributed by atoms with Crippen LogP contribution in [0.4, 0.5) is 0 Å². The van der Waals surface area contributed by atoms with Crippen molar-refractivity contribution in [3.8, 4) is 11.1 Å². The molecule has 0 saturated carbocycles. The standard InChI is InChI=1S/C20H22INO/c1-2-12-20(19(23)22-14-7-13-21)17-10-5-3-8-15(17)16-9-4-6-11-18(16)20/h3-6,8-11H,2,7,12-14H2,1H3,(H,22,23). The molecule has 0 bridgehead atoms. The molecule has 1 N–H and O–H groups in total. The van der Waals surface area contributed by atoms with Gasteiger partial charge in [0.2, 0.25) is 5.91 Å². The summed E-state index contributed by atoms with van der Waals surface area (Å²) in [7, 11) is 0. The fraction of sp³-hybridized carbons (Fsp3) is 0.350. The molecule has 1 aliphatic rings. The van der Waals surface area contributed by atoms with Gasteiger partial charge in [-0.25, -0.2) is 0 Å². The molecule has 0 radical (unpaired) electrons. The Bertz CT molecular complexity index is 665. The van der Waals surface area contributed by atoms with Crippen LogP contribution >= 0.6 is 22.6 Å². The first-order valence-electron chi connectivity index (χ1n) is 8.29.